The van der Waals surface area contributed by atoms with E-state index in [0.29, 0.717) is 6.42 Å². The standard InChI is InChI=1S/C13H18O4/c1-8-2-4-9(5-3-8)11-6-10(15)13(16)12(7-14)17-11/h2-5,10-16H,6-7H2,1H3/t10-,11?,12-,13+/m1/s1. The molecule has 0 aromatic heterocycles. The van der Waals surface area contributed by atoms with Crippen LogP contribution in [0.5, 0.6) is 0 Å². The molecule has 94 valence electrons. The summed E-state index contributed by atoms with van der Waals surface area (Å²) in [5.74, 6) is 0. The van der Waals surface area contributed by atoms with E-state index in [4.69, 9.17) is 9.84 Å². The second-order valence-corrected chi connectivity index (χ2v) is 4.55. The van der Waals surface area contributed by atoms with E-state index in [1.165, 1.54) is 0 Å². The molecule has 1 heterocycles. The zero-order valence-corrected chi connectivity index (χ0v) is 9.78. The van der Waals surface area contributed by atoms with Crippen LogP contribution in [0.15, 0.2) is 24.3 Å². The van der Waals surface area contributed by atoms with E-state index in [-0.39, 0.29) is 12.7 Å². The lowest BCUT2D eigenvalue weighted by molar-refractivity contribution is -0.181. The van der Waals surface area contributed by atoms with Gasteiger partial charge in [0.15, 0.2) is 0 Å². The molecule has 0 radical (unpaired) electrons. The number of rotatable bonds is 2. The molecule has 0 aliphatic carbocycles. The summed E-state index contributed by atoms with van der Waals surface area (Å²) in [6.45, 7) is 1.71. The van der Waals surface area contributed by atoms with Crippen molar-refractivity contribution in [2.24, 2.45) is 0 Å². The summed E-state index contributed by atoms with van der Waals surface area (Å²) in [5, 5.41) is 28.4. The second-order valence-electron chi connectivity index (χ2n) is 4.55. The number of hydrogen-bond donors (Lipinski definition) is 3. The van der Waals surface area contributed by atoms with Crippen molar-refractivity contribution in [2.45, 2.75) is 37.8 Å². The Morgan fingerprint density at radius 2 is 1.88 bits per heavy atom. The Bertz CT molecular complexity index is 362. The third-order valence-corrected chi connectivity index (χ3v) is 3.20. The van der Waals surface area contributed by atoms with Gasteiger partial charge in [-0.3, -0.25) is 0 Å². The van der Waals surface area contributed by atoms with Gasteiger partial charge in [0.25, 0.3) is 0 Å². The van der Waals surface area contributed by atoms with Crippen molar-refractivity contribution in [3.63, 3.8) is 0 Å². The summed E-state index contributed by atoms with van der Waals surface area (Å²) in [4.78, 5) is 0. The fraction of sp³-hybridized carbons (Fsp3) is 0.538. The molecule has 4 nitrogen and oxygen atoms in total. The molecule has 1 saturated heterocycles. The molecule has 0 bridgehead atoms. The van der Waals surface area contributed by atoms with Gasteiger partial charge in [-0.25, -0.2) is 0 Å². The topological polar surface area (TPSA) is 69.9 Å². The molecule has 0 saturated carbocycles. The normalized spacial score (nSPS) is 33.6. The van der Waals surface area contributed by atoms with Gasteiger partial charge < -0.3 is 20.1 Å². The molecular weight excluding hydrogens is 220 g/mol. The minimum absolute atomic E-state index is 0.272. The lowest BCUT2D eigenvalue weighted by Crippen LogP contribution is -2.47. The summed E-state index contributed by atoms with van der Waals surface area (Å²) in [5.41, 5.74) is 2.11. The fourth-order valence-corrected chi connectivity index (χ4v) is 2.10. The summed E-state index contributed by atoms with van der Waals surface area (Å²) < 4.78 is 5.58. The first-order valence-corrected chi connectivity index (χ1v) is 5.81. The quantitative estimate of drug-likeness (QED) is 0.703. The molecule has 1 aliphatic heterocycles. The van der Waals surface area contributed by atoms with E-state index in [0.717, 1.165) is 11.1 Å². The summed E-state index contributed by atoms with van der Waals surface area (Å²) in [7, 11) is 0. The van der Waals surface area contributed by atoms with Crippen LogP contribution in [0.3, 0.4) is 0 Å². The highest BCUT2D eigenvalue weighted by Crippen LogP contribution is 2.31. The zero-order valence-electron chi connectivity index (χ0n) is 9.78. The maximum atomic E-state index is 9.72. The van der Waals surface area contributed by atoms with Crippen LogP contribution in [0.1, 0.15) is 23.7 Å². The maximum Gasteiger partial charge on any atom is 0.110 e. The molecule has 0 amide bonds. The van der Waals surface area contributed by atoms with Crippen molar-refractivity contribution in [1.29, 1.82) is 0 Å². The number of aryl methyl sites for hydroxylation is 1. The second kappa shape index (κ2) is 5.14. The molecule has 1 aliphatic rings. The van der Waals surface area contributed by atoms with E-state index in [1.807, 2.05) is 31.2 Å². The summed E-state index contributed by atoms with van der Waals surface area (Å²) >= 11 is 0. The van der Waals surface area contributed by atoms with E-state index >= 15 is 0 Å². The number of ether oxygens (including phenoxy) is 1. The highest BCUT2D eigenvalue weighted by molar-refractivity contribution is 5.23. The lowest BCUT2D eigenvalue weighted by atomic mass is 9.94. The molecular formula is C13H18O4. The minimum Gasteiger partial charge on any atom is -0.394 e. The number of benzene rings is 1. The molecule has 1 aromatic rings. The van der Waals surface area contributed by atoms with Gasteiger partial charge in [0.2, 0.25) is 0 Å². The molecule has 0 spiro atoms. The third kappa shape index (κ3) is 2.66. The number of aliphatic hydroxyl groups is 3. The van der Waals surface area contributed by atoms with Crippen LogP contribution in [0.2, 0.25) is 0 Å². The first-order valence-electron chi connectivity index (χ1n) is 5.81. The van der Waals surface area contributed by atoms with Gasteiger partial charge >= 0.3 is 0 Å². The Kier molecular flexibility index (Phi) is 3.79. The molecule has 1 unspecified atom stereocenters. The lowest BCUT2D eigenvalue weighted by Gasteiger charge is -2.36. The van der Waals surface area contributed by atoms with E-state index in [2.05, 4.69) is 0 Å². The summed E-state index contributed by atoms with van der Waals surface area (Å²) in [6, 6.07) is 7.84. The highest BCUT2D eigenvalue weighted by atomic mass is 16.5. The van der Waals surface area contributed by atoms with Crippen LogP contribution in [-0.2, 0) is 4.74 Å². The predicted molar refractivity (Wildman–Crippen MR) is 62.5 cm³/mol. The van der Waals surface area contributed by atoms with Gasteiger partial charge in [0.05, 0.1) is 18.8 Å². The first-order chi connectivity index (χ1) is 8.11. The zero-order chi connectivity index (χ0) is 12.4. The molecule has 17 heavy (non-hydrogen) atoms. The molecule has 1 aromatic carbocycles. The Balaban J connectivity index is 2.14. The van der Waals surface area contributed by atoms with Crippen molar-refractivity contribution < 1.29 is 20.1 Å². The average Bonchev–Trinajstić information content (AvgIpc) is 2.33. The van der Waals surface area contributed by atoms with Gasteiger partial charge in [-0.15, -0.1) is 0 Å². The molecule has 4 atom stereocenters. The SMILES string of the molecule is Cc1ccc(C2C[C@@H](O)[C@H](O)[C@@H](CO)O2)cc1. The van der Waals surface area contributed by atoms with Crippen LogP contribution < -0.4 is 0 Å². The molecule has 4 heteroatoms. The largest absolute Gasteiger partial charge is 0.394 e. The van der Waals surface area contributed by atoms with Crippen molar-refractivity contribution in [3.8, 4) is 0 Å². The molecule has 2 rings (SSSR count). The van der Waals surface area contributed by atoms with Crippen molar-refractivity contribution >= 4 is 0 Å². The van der Waals surface area contributed by atoms with Crippen molar-refractivity contribution in [1.82, 2.24) is 0 Å². The third-order valence-electron chi connectivity index (χ3n) is 3.20. The van der Waals surface area contributed by atoms with Gasteiger partial charge in [0.1, 0.15) is 12.2 Å². The smallest absolute Gasteiger partial charge is 0.110 e. The van der Waals surface area contributed by atoms with Gasteiger partial charge in [-0.1, -0.05) is 29.8 Å². The Morgan fingerprint density at radius 1 is 1.24 bits per heavy atom. The van der Waals surface area contributed by atoms with E-state index in [9.17, 15) is 10.2 Å². The Labute approximate surface area is 100 Å². The van der Waals surface area contributed by atoms with Crippen LogP contribution in [-0.4, -0.2) is 40.2 Å². The minimum atomic E-state index is -1.01. The van der Waals surface area contributed by atoms with Gasteiger partial charge in [-0.2, -0.15) is 0 Å². The van der Waals surface area contributed by atoms with Crippen LogP contribution in [0.25, 0.3) is 0 Å². The van der Waals surface area contributed by atoms with Crippen LogP contribution in [0.4, 0.5) is 0 Å². The maximum absolute atomic E-state index is 9.72. The summed E-state index contributed by atoms with van der Waals surface area (Å²) in [6.07, 6.45) is -2.51. The van der Waals surface area contributed by atoms with Crippen LogP contribution in [0, 0.1) is 6.92 Å². The predicted octanol–water partition coefficient (Wildman–Crippen LogP) is 0.539. The number of aliphatic hydroxyl groups excluding tert-OH is 3. The number of hydrogen-bond acceptors (Lipinski definition) is 4. The average molecular weight is 238 g/mol. The van der Waals surface area contributed by atoms with Gasteiger partial charge in [-0.05, 0) is 12.5 Å². The first kappa shape index (κ1) is 12.5. The van der Waals surface area contributed by atoms with Crippen molar-refractivity contribution in [3.05, 3.63) is 35.4 Å². The fourth-order valence-electron chi connectivity index (χ4n) is 2.10. The van der Waals surface area contributed by atoms with E-state index < -0.39 is 18.3 Å². The van der Waals surface area contributed by atoms with Gasteiger partial charge in [0, 0.05) is 6.42 Å². The molecule has 1 fully saturated rings. The highest BCUT2D eigenvalue weighted by Gasteiger charge is 2.36. The monoisotopic (exact) mass is 238 g/mol. The van der Waals surface area contributed by atoms with Crippen molar-refractivity contribution in [2.75, 3.05) is 6.61 Å². The Hall–Kier alpha value is -0.940. The Morgan fingerprint density at radius 3 is 2.47 bits per heavy atom. The van der Waals surface area contributed by atoms with E-state index in [1.54, 1.807) is 0 Å². The molecule has 3 N–H and O–H groups in total. The van der Waals surface area contributed by atoms with Crippen LogP contribution >= 0.6 is 0 Å².